The Kier molecular flexibility index (Phi) is 4.79. The summed E-state index contributed by atoms with van der Waals surface area (Å²) < 4.78 is 15.7. The van der Waals surface area contributed by atoms with Gasteiger partial charge in [-0.2, -0.15) is 0 Å². The fraction of sp³-hybridized carbons (Fsp3) is 0.611. The second-order valence-electron chi connectivity index (χ2n) is 7.48. The van der Waals surface area contributed by atoms with Crippen molar-refractivity contribution < 1.29 is 13.6 Å². The van der Waals surface area contributed by atoms with Crippen LogP contribution in [0.1, 0.15) is 47.7 Å². The van der Waals surface area contributed by atoms with Gasteiger partial charge in [-0.3, -0.25) is 4.79 Å². The largest absolute Gasteiger partial charge is 0.352 e. The van der Waals surface area contributed by atoms with Crippen LogP contribution >= 0.6 is 0 Å². The lowest BCUT2D eigenvalue weighted by atomic mass is 9.99. The van der Waals surface area contributed by atoms with Crippen molar-refractivity contribution in [2.24, 2.45) is 13.0 Å². The number of fused-ring (bicyclic) bond motifs is 1. The highest BCUT2D eigenvalue weighted by molar-refractivity contribution is 7.81. The molecule has 0 spiro atoms. The van der Waals surface area contributed by atoms with Gasteiger partial charge in [0.15, 0.2) is 5.52 Å². The highest BCUT2D eigenvalue weighted by atomic mass is 32.2. The van der Waals surface area contributed by atoms with E-state index in [1.165, 1.54) is 12.8 Å². The van der Waals surface area contributed by atoms with Crippen LogP contribution in [0.5, 0.6) is 0 Å². The Morgan fingerprint density at radius 3 is 3.00 bits per heavy atom. The van der Waals surface area contributed by atoms with E-state index in [4.69, 9.17) is 4.98 Å². The number of aromatic nitrogens is 3. The summed E-state index contributed by atoms with van der Waals surface area (Å²) >= 11 is 0. The molecule has 2 N–H and O–H groups in total. The Hall–Kier alpha value is -1.80. The normalized spacial score (nSPS) is 22.5. The molecule has 2 unspecified atom stereocenters. The summed E-state index contributed by atoms with van der Waals surface area (Å²) in [5.74, 6) is 0.791. The number of aromatic amines is 1. The molecule has 7 nitrogen and oxygen atoms in total. The molecule has 2 fully saturated rings. The lowest BCUT2D eigenvalue weighted by Gasteiger charge is -2.30. The smallest absolute Gasteiger partial charge is 0.306 e. The van der Waals surface area contributed by atoms with Crippen LogP contribution in [0.4, 0.5) is 0 Å². The standard InChI is InChI=1S/C18H25N5O2S/c1-22-11-15(13-5-6-13)21-16-14(9-19-17(16)22)18(24)20-8-12-4-3-7-23(10-12)26(2)25/h9,11-13H,3-8,10H2,1-2H3,(H,20,24)/p+1. The number of piperidine rings is 1. The van der Waals surface area contributed by atoms with Gasteiger partial charge in [-0.25, -0.2) is 23.0 Å². The second kappa shape index (κ2) is 7.08. The topological polar surface area (TPSA) is 82.0 Å². The monoisotopic (exact) mass is 376 g/mol. The predicted octanol–water partition coefficient (Wildman–Crippen LogP) is 1.00. The van der Waals surface area contributed by atoms with Gasteiger partial charge >= 0.3 is 5.65 Å². The van der Waals surface area contributed by atoms with Crippen molar-refractivity contribution in [2.75, 3.05) is 25.9 Å². The summed E-state index contributed by atoms with van der Waals surface area (Å²) in [6.45, 7) is 2.25. The summed E-state index contributed by atoms with van der Waals surface area (Å²) in [6, 6.07) is 0. The molecule has 0 aromatic carbocycles. The molecule has 1 aliphatic heterocycles. The number of amides is 1. The quantitative estimate of drug-likeness (QED) is 0.764. The van der Waals surface area contributed by atoms with Gasteiger partial charge in [0.05, 0.1) is 23.7 Å². The van der Waals surface area contributed by atoms with Crippen molar-refractivity contribution in [3.05, 3.63) is 23.7 Å². The summed E-state index contributed by atoms with van der Waals surface area (Å²) in [5.41, 5.74) is 3.28. The maximum absolute atomic E-state index is 12.7. The average molecular weight is 377 g/mol. The third kappa shape index (κ3) is 3.53. The number of aryl methyl sites for hydroxylation is 1. The van der Waals surface area contributed by atoms with Gasteiger partial charge in [0.25, 0.3) is 5.91 Å². The number of hydrogen-bond donors (Lipinski definition) is 2. The maximum atomic E-state index is 12.7. The first-order chi connectivity index (χ1) is 12.5. The number of carbonyl (C=O) groups excluding carboxylic acids is 1. The molecule has 1 saturated heterocycles. The van der Waals surface area contributed by atoms with E-state index in [1.807, 2.05) is 15.9 Å². The first-order valence-electron chi connectivity index (χ1n) is 9.27. The molecule has 0 radical (unpaired) electrons. The van der Waals surface area contributed by atoms with Gasteiger partial charge in [-0.1, -0.05) is 0 Å². The van der Waals surface area contributed by atoms with Gasteiger partial charge in [0.2, 0.25) is 0 Å². The number of nitrogens with zero attached hydrogens (tertiary/aromatic N) is 3. The molecule has 2 aliphatic rings. The van der Waals surface area contributed by atoms with Crippen molar-refractivity contribution in [2.45, 2.75) is 31.6 Å². The van der Waals surface area contributed by atoms with E-state index in [0.29, 0.717) is 23.9 Å². The van der Waals surface area contributed by atoms with Crippen molar-refractivity contribution in [3.8, 4) is 0 Å². The minimum Gasteiger partial charge on any atom is -0.352 e. The number of hydrogen-bond acceptors (Lipinski definition) is 3. The van der Waals surface area contributed by atoms with Crippen molar-refractivity contribution >= 4 is 28.1 Å². The lowest BCUT2D eigenvalue weighted by Crippen LogP contribution is -2.41. The first-order valence-corrected chi connectivity index (χ1v) is 10.8. The number of rotatable bonds is 5. The minimum absolute atomic E-state index is 0.0913. The third-order valence-corrected chi connectivity index (χ3v) is 6.45. The number of carbonyl (C=O) groups is 1. The Balaban J connectivity index is 1.47. The zero-order chi connectivity index (χ0) is 18.3. The molecule has 2 atom stereocenters. The van der Waals surface area contributed by atoms with Gasteiger partial charge < -0.3 is 5.32 Å². The Morgan fingerprint density at radius 2 is 2.27 bits per heavy atom. The molecule has 2 aromatic heterocycles. The van der Waals surface area contributed by atoms with Crippen LogP contribution in [-0.4, -0.2) is 50.3 Å². The molecular formula is C18H26N5O2S+. The van der Waals surface area contributed by atoms with Crippen LogP contribution in [0.15, 0.2) is 12.4 Å². The lowest BCUT2D eigenvalue weighted by molar-refractivity contribution is -0.647. The van der Waals surface area contributed by atoms with E-state index in [-0.39, 0.29) is 5.91 Å². The van der Waals surface area contributed by atoms with Gasteiger partial charge in [-0.15, -0.1) is 0 Å². The fourth-order valence-corrected chi connectivity index (χ4v) is 4.52. The molecule has 8 heteroatoms. The first kappa shape index (κ1) is 17.6. The summed E-state index contributed by atoms with van der Waals surface area (Å²) in [5, 5.41) is 3.06. The van der Waals surface area contributed by atoms with E-state index in [2.05, 4.69) is 16.5 Å². The van der Waals surface area contributed by atoms with E-state index in [9.17, 15) is 9.00 Å². The van der Waals surface area contributed by atoms with Crippen LogP contribution in [0.2, 0.25) is 0 Å². The zero-order valence-electron chi connectivity index (χ0n) is 15.3. The number of nitrogens with one attached hydrogen (secondary N) is 2. The fourth-order valence-electron chi connectivity index (χ4n) is 3.72. The van der Waals surface area contributed by atoms with Crippen molar-refractivity contribution in [3.63, 3.8) is 0 Å². The van der Waals surface area contributed by atoms with Gasteiger partial charge in [0, 0.05) is 31.8 Å². The molecule has 140 valence electrons. The molecule has 4 rings (SSSR count). The van der Waals surface area contributed by atoms with Crippen molar-refractivity contribution in [1.82, 2.24) is 19.6 Å². The number of H-pyrrole nitrogens is 1. The third-order valence-electron chi connectivity index (χ3n) is 5.39. The molecule has 2 aromatic rings. The van der Waals surface area contributed by atoms with Gasteiger partial charge in [0.1, 0.15) is 18.0 Å². The van der Waals surface area contributed by atoms with Crippen molar-refractivity contribution in [1.29, 1.82) is 0 Å². The van der Waals surface area contributed by atoms with Crippen LogP contribution in [0.25, 0.3) is 11.2 Å². The highest BCUT2D eigenvalue weighted by Crippen LogP contribution is 2.38. The van der Waals surface area contributed by atoms with Crippen LogP contribution in [-0.2, 0) is 18.0 Å². The second-order valence-corrected chi connectivity index (χ2v) is 8.84. The molecule has 26 heavy (non-hydrogen) atoms. The Bertz CT molecular complexity index is 861. The summed E-state index contributed by atoms with van der Waals surface area (Å²) in [4.78, 5) is 20.7. The van der Waals surface area contributed by atoms with E-state index in [0.717, 1.165) is 42.8 Å². The predicted molar refractivity (Wildman–Crippen MR) is 99.9 cm³/mol. The maximum Gasteiger partial charge on any atom is 0.306 e. The average Bonchev–Trinajstić information content (AvgIpc) is 3.39. The van der Waals surface area contributed by atoms with E-state index >= 15 is 0 Å². The van der Waals surface area contributed by atoms with Gasteiger partial charge in [-0.05, 0) is 31.6 Å². The Labute approximate surface area is 155 Å². The molecule has 3 heterocycles. The molecule has 0 bridgehead atoms. The molecule has 1 saturated carbocycles. The molecular weight excluding hydrogens is 350 g/mol. The van der Waals surface area contributed by atoms with E-state index < -0.39 is 11.0 Å². The Morgan fingerprint density at radius 1 is 1.46 bits per heavy atom. The molecule has 1 amide bonds. The summed E-state index contributed by atoms with van der Waals surface area (Å²) in [6.07, 6.45) is 9.97. The summed E-state index contributed by atoms with van der Waals surface area (Å²) in [7, 11) is 1.05. The minimum atomic E-state index is -0.936. The highest BCUT2D eigenvalue weighted by Gasteiger charge is 2.29. The molecule has 1 aliphatic carbocycles. The van der Waals surface area contributed by atoms with Crippen LogP contribution < -0.4 is 9.88 Å². The SMILES string of the molecule is C[n+]1cc(C2CC2)nc2c(C(=O)NCC3CCCN(S(C)=O)C3)c[nH]c21. The zero-order valence-corrected chi connectivity index (χ0v) is 16.1. The van der Waals surface area contributed by atoms with E-state index in [1.54, 1.807) is 12.5 Å². The van der Waals surface area contributed by atoms with Crippen LogP contribution in [0, 0.1) is 5.92 Å². The van der Waals surface area contributed by atoms with Crippen LogP contribution in [0.3, 0.4) is 0 Å².